The second-order valence-corrected chi connectivity index (χ2v) is 8.64. The average Bonchev–Trinajstić information content (AvgIpc) is 3.32. The molecular weight excluding hydrogens is 334 g/mol. The number of anilines is 1. The molecule has 2 saturated carbocycles. The lowest BCUT2D eigenvalue weighted by molar-refractivity contribution is 0.0600. The molecule has 2 fully saturated rings. The number of fused-ring (bicyclic) bond motifs is 7. The third-order valence-electron chi connectivity index (χ3n) is 7.48. The molecule has 0 amide bonds. The van der Waals surface area contributed by atoms with Crippen molar-refractivity contribution in [1.82, 2.24) is 0 Å². The molecule has 0 radical (unpaired) electrons. The number of hydrogen-bond donors (Lipinski definition) is 1. The van der Waals surface area contributed by atoms with Crippen LogP contribution in [0, 0.1) is 31.6 Å². The van der Waals surface area contributed by atoms with Crippen LogP contribution in [-0.4, -0.2) is 13.1 Å². The van der Waals surface area contributed by atoms with E-state index in [1.807, 2.05) is 12.1 Å². The first kappa shape index (κ1) is 16.9. The number of carbonyl (C=O) groups is 1. The highest BCUT2D eigenvalue weighted by molar-refractivity contribution is 5.89. The van der Waals surface area contributed by atoms with Gasteiger partial charge in [-0.3, -0.25) is 0 Å². The largest absolute Gasteiger partial charge is 0.465 e. The van der Waals surface area contributed by atoms with Crippen LogP contribution in [0.15, 0.2) is 36.4 Å². The number of esters is 1. The maximum atomic E-state index is 11.8. The molecule has 2 aromatic carbocycles. The topological polar surface area (TPSA) is 38.3 Å². The zero-order chi connectivity index (χ0) is 18.7. The van der Waals surface area contributed by atoms with Crippen LogP contribution in [0.1, 0.15) is 63.8 Å². The van der Waals surface area contributed by atoms with Crippen molar-refractivity contribution in [2.24, 2.45) is 17.8 Å². The Labute approximate surface area is 161 Å². The van der Waals surface area contributed by atoms with Gasteiger partial charge >= 0.3 is 5.97 Å². The van der Waals surface area contributed by atoms with E-state index in [1.165, 1.54) is 54.3 Å². The summed E-state index contributed by atoms with van der Waals surface area (Å²) in [6, 6.07) is 13.0. The van der Waals surface area contributed by atoms with Crippen LogP contribution in [0.2, 0.25) is 0 Å². The summed E-state index contributed by atoms with van der Waals surface area (Å²) in [5.41, 5.74) is 7.53. The number of carbonyl (C=O) groups excluding carboxylic acids is 1. The van der Waals surface area contributed by atoms with Gasteiger partial charge in [-0.05, 0) is 91.2 Å². The SMILES string of the molecule is COC(=O)c1ccc(C2Nc3c(ccc(C)c3C)C3C4CCC(C4)C23)cc1. The van der Waals surface area contributed by atoms with Gasteiger partial charge in [-0.2, -0.15) is 0 Å². The van der Waals surface area contributed by atoms with Crippen LogP contribution in [0.25, 0.3) is 0 Å². The number of rotatable bonds is 2. The Bertz CT molecular complexity index is 901. The van der Waals surface area contributed by atoms with Crippen LogP contribution in [0.3, 0.4) is 0 Å². The molecule has 3 heteroatoms. The molecule has 3 aliphatic rings. The lowest BCUT2D eigenvalue weighted by Gasteiger charge is -2.44. The molecule has 3 nitrogen and oxygen atoms in total. The molecule has 5 atom stereocenters. The van der Waals surface area contributed by atoms with Gasteiger partial charge in [0.2, 0.25) is 0 Å². The molecule has 5 rings (SSSR count). The van der Waals surface area contributed by atoms with Gasteiger partial charge in [0.05, 0.1) is 18.7 Å². The molecule has 0 spiro atoms. The Balaban J connectivity index is 1.58. The fraction of sp³-hybridized carbons (Fsp3) is 0.458. The molecule has 1 N–H and O–H groups in total. The van der Waals surface area contributed by atoms with E-state index in [0.29, 0.717) is 23.4 Å². The molecule has 140 valence electrons. The number of nitrogens with one attached hydrogen (secondary N) is 1. The Morgan fingerprint density at radius 2 is 1.78 bits per heavy atom. The summed E-state index contributed by atoms with van der Waals surface area (Å²) in [7, 11) is 1.43. The lowest BCUT2D eigenvalue weighted by atomic mass is 9.67. The molecule has 1 heterocycles. The highest BCUT2D eigenvalue weighted by atomic mass is 16.5. The van der Waals surface area contributed by atoms with E-state index < -0.39 is 0 Å². The molecule has 27 heavy (non-hydrogen) atoms. The van der Waals surface area contributed by atoms with Gasteiger partial charge in [0.25, 0.3) is 0 Å². The second-order valence-electron chi connectivity index (χ2n) is 8.64. The summed E-state index contributed by atoms with van der Waals surface area (Å²) in [5, 5.41) is 3.93. The standard InChI is InChI=1S/C24H27NO2/c1-13-4-11-19-20-17-9-10-18(12-17)21(20)23(25-22(19)14(13)2)15-5-7-16(8-6-15)24(26)27-3/h4-8,11,17-18,20-21,23,25H,9-10,12H2,1-3H3. The highest BCUT2D eigenvalue weighted by Gasteiger charge is 2.53. The summed E-state index contributed by atoms with van der Waals surface area (Å²) in [4.78, 5) is 11.8. The molecule has 2 bridgehead atoms. The smallest absolute Gasteiger partial charge is 0.337 e. The van der Waals surface area contributed by atoms with Crippen molar-refractivity contribution >= 4 is 11.7 Å². The maximum absolute atomic E-state index is 11.8. The second kappa shape index (κ2) is 6.12. The van der Waals surface area contributed by atoms with Crippen molar-refractivity contribution in [3.63, 3.8) is 0 Å². The van der Waals surface area contributed by atoms with Crippen LogP contribution < -0.4 is 5.32 Å². The van der Waals surface area contributed by atoms with Crippen molar-refractivity contribution in [3.05, 3.63) is 64.2 Å². The molecule has 0 saturated heterocycles. The highest BCUT2D eigenvalue weighted by Crippen LogP contribution is 2.64. The predicted molar refractivity (Wildman–Crippen MR) is 107 cm³/mol. The fourth-order valence-corrected chi connectivity index (χ4v) is 6.08. The zero-order valence-corrected chi connectivity index (χ0v) is 16.3. The maximum Gasteiger partial charge on any atom is 0.337 e. The van der Waals surface area contributed by atoms with Gasteiger partial charge in [-0.25, -0.2) is 4.79 Å². The third kappa shape index (κ3) is 2.44. The minimum absolute atomic E-state index is 0.271. The van der Waals surface area contributed by atoms with Crippen LogP contribution >= 0.6 is 0 Å². The van der Waals surface area contributed by atoms with E-state index in [0.717, 1.165) is 11.8 Å². The number of methoxy groups -OCH3 is 1. The first-order valence-electron chi connectivity index (χ1n) is 10.1. The van der Waals surface area contributed by atoms with Crippen LogP contribution in [-0.2, 0) is 4.74 Å². The monoisotopic (exact) mass is 361 g/mol. The van der Waals surface area contributed by atoms with Gasteiger partial charge in [0.1, 0.15) is 0 Å². The van der Waals surface area contributed by atoms with E-state index in [4.69, 9.17) is 4.74 Å². The average molecular weight is 361 g/mol. The first-order valence-corrected chi connectivity index (χ1v) is 10.1. The number of aryl methyl sites for hydroxylation is 1. The quantitative estimate of drug-likeness (QED) is 0.729. The molecule has 2 aliphatic carbocycles. The Kier molecular flexibility index (Phi) is 3.82. The number of benzene rings is 2. The normalized spacial score (nSPS) is 30.4. The van der Waals surface area contributed by atoms with E-state index in [2.05, 4.69) is 43.4 Å². The minimum Gasteiger partial charge on any atom is -0.465 e. The Morgan fingerprint density at radius 1 is 1.04 bits per heavy atom. The Hall–Kier alpha value is -2.29. The van der Waals surface area contributed by atoms with Crippen molar-refractivity contribution in [3.8, 4) is 0 Å². The molecule has 5 unspecified atom stereocenters. The van der Waals surface area contributed by atoms with Crippen molar-refractivity contribution < 1.29 is 9.53 Å². The van der Waals surface area contributed by atoms with E-state index in [1.54, 1.807) is 0 Å². The van der Waals surface area contributed by atoms with E-state index in [-0.39, 0.29) is 5.97 Å². The molecular formula is C24H27NO2. The van der Waals surface area contributed by atoms with Gasteiger partial charge in [0, 0.05) is 5.69 Å². The summed E-state index contributed by atoms with van der Waals surface area (Å²) >= 11 is 0. The van der Waals surface area contributed by atoms with Gasteiger partial charge < -0.3 is 10.1 Å². The third-order valence-corrected chi connectivity index (χ3v) is 7.48. The van der Waals surface area contributed by atoms with E-state index >= 15 is 0 Å². The van der Waals surface area contributed by atoms with Crippen LogP contribution in [0.5, 0.6) is 0 Å². The number of ether oxygens (including phenoxy) is 1. The summed E-state index contributed by atoms with van der Waals surface area (Å²) in [5.74, 6) is 2.70. The summed E-state index contributed by atoms with van der Waals surface area (Å²) in [6.45, 7) is 4.44. The Morgan fingerprint density at radius 3 is 2.52 bits per heavy atom. The van der Waals surface area contributed by atoms with Crippen molar-refractivity contribution in [1.29, 1.82) is 0 Å². The van der Waals surface area contributed by atoms with Gasteiger partial charge in [0.15, 0.2) is 0 Å². The molecule has 2 aromatic rings. The summed E-state index contributed by atoms with van der Waals surface area (Å²) in [6.07, 6.45) is 4.12. The van der Waals surface area contributed by atoms with Crippen molar-refractivity contribution in [2.75, 3.05) is 12.4 Å². The van der Waals surface area contributed by atoms with E-state index in [9.17, 15) is 4.79 Å². The van der Waals surface area contributed by atoms with Crippen LogP contribution in [0.4, 0.5) is 5.69 Å². The lowest BCUT2D eigenvalue weighted by Crippen LogP contribution is -2.36. The van der Waals surface area contributed by atoms with Gasteiger partial charge in [-0.15, -0.1) is 0 Å². The number of hydrogen-bond acceptors (Lipinski definition) is 3. The van der Waals surface area contributed by atoms with Crippen molar-refractivity contribution in [2.45, 2.75) is 45.1 Å². The molecule has 1 aliphatic heterocycles. The zero-order valence-electron chi connectivity index (χ0n) is 16.3. The fourth-order valence-electron chi connectivity index (χ4n) is 6.08. The summed E-state index contributed by atoms with van der Waals surface area (Å²) < 4.78 is 4.85. The predicted octanol–water partition coefficient (Wildman–Crippen LogP) is 5.39. The first-order chi connectivity index (χ1) is 13.1. The van der Waals surface area contributed by atoms with Gasteiger partial charge in [-0.1, -0.05) is 24.3 Å². The molecule has 0 aromatic heterocycles. The minimum atomic E-state index is -0.271.